The average molecular weight is 316 g/mol. The van der Waals surface area contributed by atoms with Crippen LogP contribution in [0, 0.1) is 0 Å². The van der Waals surface area contributed by atoms with E-state index in [1.807, 2.05) is 5.38 Å². The van der Waals surface area contributed by atoms with Crippen LogP contribution in [0.4, 0.5) is 0 Å². The lowest BCUT2D eigenvalue weighted by Crippen LogP contribution is -2.17. The number of nitrogens with zero attached hydrogens (tertiary/aromatic N) is 2. The van der Waals surface area contributed by atoms with Gasteiger partial charge in [-0.15, -0.1) is 11.3 Å². The smallest absolute Gasteiger partial charge is 0.271 e. The van der Waals surface area contributed by atoms with Crippen LogP contribution in [0.1, 0.15) is 20.9 Å². The molecule has 0 saturated heterocycles. The average Bonchev–Trinajstić information content (AvgIpc) is 3.06. The van der Waals surface area contributed by atoms with Gasteiger partial charge in [-0.25, -0.2) is 15.9 Å². The second kappa shape index (κ2) is 7.81. The third-order valence-electron chi connectivity index (χ3n) is 2.48. The van der Waals surface area contributed by atoms with Crippen LogP contribution < -0.4 is 10.9 Å². The van der Waals surface area contributed by atoms with E-state index in [-0.39, 0.29) is 5.91 Å². The number of nitrogens with one attached hydrogen (secondary N) is 2. The van der Waals surface area contributed by atoms with E-state index in [1.165, 1.54) is 29.1 Å². The molecule has 0 fully saturated rings. The predicted molar refractivity (Wildman–Crippen MR) is 82.6 cm³/mol. The van der Waals surface area contributed by atoms with Crippen molar-refractivity contribution < 1.29 is 14.8 Å². The molecule has 0 radical (unpaired) electrons. The van der Waals surface area contributed by atoms with Crippen LogP contribution in [-0.2, 0) is 4.79 Å². The first-order valence-corrected chi connectivity index (χ1v) is 7.02. The van der Waals surface area contributed by atoms with Crippen molar-refractivity contribution in [3.8, 4) is 0 Å². The molecule has 0 spiro atoms. The zero-order valence-electron chi connectivity index (χ0n) is 11.3. The van der Waals surface area contributed by atoms with Gasteiger partial charge in [0, 0.05) is 23.2 Å². The van der Waals surface area contributed by atoms with E-state index >= 15 is 0 Å². The largest absolute Gasteiger partial charge is 0.288 e. The number of thiazole rings is 1. The third kappa shape index (κ3) is 4.62. The molecule has 1 heterocycles. The molecular weight excluding hydrogens is 304 g/mol. The zero-order valence-corrected chi connectivity index (χ0v) is 12.1. The van der Waals surface area contributed by atoms with Gasteiger partial charge in [-0.3, -0.25) is 14.8 Å². The summed E-state index contributed by atoms with van der Waals surface area (Å²) in [6.45, 7) is 0. The number of hydrazone groups is 1. The van der Waals surface area contributed by atoms with Crippen LogP contribution in [-0.4, -0.2) is 28.2 Å². The van der Waals surface area contributed by atoms with E-state index in [1.54, 1.807) is 30.5 Å². The van der Waals surface area contributed by atoms with Crippen molar-refractivity contribution in [3.63, 3.8) is 0 Å². The summed E-state index contributed by atoms with van der Waals surface area (Å²) >= 11 is 1.41. The molecule has 1 aromatic heterocycles. The van der Waals surface area contributed by atoms with Gasteiger partial charge < -0.3 is 0 Å². The topological polar surface area (TPSA) is 104 Å². The summed E-state index contributed by atoms with van der Waals surface area (Å²) in [4.78, 5) is 26.8. The fraction of sp³-hybridized carbons (Fsp3) is 0. The Labute approximate surface area is 130 Å². The van der Waals surface area contributed by atoms with Gasteiger partial charge in [0.2, 0.25) is 0 Å². The van der Waals surface area contributed by atoms with Crippen LogP contribution in [0.5, 0.6) is 0 Å². The Morgan fingerprint density at radius 2 is 2.23 bits per heavy atom. The predicted octanol–water partition coefficient (Wildman–Crippen LogP) is 1.43. The lowest BCUT2D eigenvalue weighted by Gasteiger charge is -2.01. The van der Waals surface area contributed by atoms with Gasteiger partial charge in [0.1, 0.15) is 5.01 Å². The Morgan fingerprint density at radius 3 is 2.95 bits per heavy atom. The summed E-state index contributed by atoms with van der Waals surface area (Å²) in [5, 5.41) is 14.7. The molecule has 0 bridgehead atoms. The van der Waals surface area contributed by atoms with E-state index in [4.69, 9.17) is 5.21 Å². The van der Waals surface area contributed by atoms with Gasteiger partial charge in [-0.05, 0) is 23.8 Å². The van der Waals surface area contributed by atoms with Crippen molar-refractivity contribution in [1.29, 1.82) is 0 Å². The Bertz CT molecular complexity index is 711. The maximum Gasteiger partial charge on any atom is 0.271 e. The number of hydrogen-bond donors (Lipinski definition) is 3. The number of rotatable bonds is 5. The first kappa shape index (κ1) is 15.5. The second-order valence-corrected chi connectivity index (χ2v) is 4.93. The Morgan fingerprint density at radius 1 is 1.36 bits per heavy atom. The van der Waals surface area contributed by atoms with E-state index < -0.39 is 5.91 Å². The van der Waals surface area contributed by atoms with Gasteiger partial charge in [-0.2, -0.15) is 5.10 Å². The number of aromatic nitrogens is 1. The highest BCUT2D eigenvalue weighted by molar-refractivity contribution is 7.11. The fourth-order valence-corrected chi connectivity index (χ4v) is 2.00. The highest BCUT2D eigenvalue weighted by Crippen LogP contribution is 2.07. The van der Waals surface area contributed by atoms with Gasteiger partial charge >= 0.3 is 0 Å². The summed E-state index contributed by atoms with van der Waals surface area (Å²) in [6.07, 6.45) is 5.73. The molecule has 2 amide bonds. The first-order valence-electron chi connectivity index (χ1n) is 6.14. The van der Waals surface area contributed by atoms with Crippen LogP contribution >= 0.6 is 11.3 Å². The molecule has 0 saturated carbocycles. The molecule has 0 unspecified atom stereocenters. The first-order chi connectivity index (χ1) is 10.7. The molecule has 1 aromatic carbocycles. The fourth-order valence-electron chi connectivity index (χ4n) is 1.50. The minimum Gasteiger partial charge on any atom is -0.288 e. The van der Waals surface area contributed by atoms with Crippen molar-refractivity contribution in [1.82, 2.24) is 15.9 Å². The van der Waals surface area contributed by atoms with Crippen molar-refractivity contribution in [3.05, 3.63) is 58.1 Å². The standard InChI is InChI=1S/C14H12N4O3S/c19-12(18-21)5-4-10-2-1-3-11(8-10)14(20)17-16-9-13-15-6-7-22-13/h1-9,21H,(H,17,20)(H,18,19). The second-order valence-electron chi connectivity index (χ2n) is 4.00. The normalized spacial score (nSPS) is 11.0. The molecule has 2 aromatic rings. The maximum absolute atomic E-state index is 11.9. The number of hydrogen-bond acceptors (Lipinski definition) is 6. The van der Waals surface area contributed by atoms with Gasteiger partial charge in [0.05, 0.1) is 6.21 Å². The summed E-state index contributed by atoms with van der Waals surface area (Å²) in [5.41, 5.74) is 4.91. The summed E-state index contributed by atoms with van der Waals surface area (Å²) < 4.78 is 0. The number of carbonyl (C=O) groups excluding carboxylic acids is 2. The molecule has 8 heteroatoms. The van der Waals surface area contributed by atoms with Crippen LogP contribution in [0.25, 0.3) is 6.08 Å². The summed E-state index contributed by atoms with van der Waals surface area (Å²) in [7, 11) is 0. The van der Waals surface area contributed by atoms with Crippen molar-refractivity contribution in [2.75, 3.05) is 0 Å². The maximum atomic E-state index is 11.9. The highest BCUT2D eigenvalue weighted by Gasteiger charge is 2.04. The van der Waals surface area contributed by atoms with E-state index in [2.05, 4.69) is 15.5 Å². The van der Waals surface area contributed by atoms with E-state index in [0.29, 0.717) is 16.1 Å². The Balaban J connectivity index is 2.00. The van der Waals surface area contributed by atoms with E-state index in [9.17, 15) is 9.59 Å². The van der Waals surface area contributed by atoms with Crippen LogP contribution in [0.3, 0.4) is 0 Å². The van der Waals surface area contributed by atoms with Crippen molar-refractivity contribution in [2.24, 2.45) is 5.10 Å². The minimum atomic E-state index is -0.650. The van der Waals surface area contributed by atoms with Gasteiger partial charge in [0.25, 0.3) is 11.8 Å². The molecule has 3 N–H and O–H groups in total. The van der Waals surface area contributed by atoms with Crippen molar-refractivity contribution in [2.45, 2.75) is 0 Å². The molecule has 22 heavy (non-hydrogen) atoms. The molecule has 7 nitrogen and oxygen atoms in total. The molecular formula is C14H12N4O3S. The zero-order chi connectivity index (χ0) is 15.8. The monoisotopic (exact) mass is 316 g/mol. The SMILES string of the molecule is O=C(C=Cc1cccc(C(=O)NN=Cc2nccs2)c1)NO. The molecule has 2 rings (SSSR count). The third-order valence-corrected chi connectivity index (χ3v) is 3.19. The number of benzene rings is 1. The quantitative estimate of drug-likeness (QED) is 0.336. The van der Waals surface area contributed by atoms with Crippen molar-refractivity contribution >= 4 is 35.4 Å². The lowest BCUT2D eigenvalue weighted by atomic mass is 10.1. The number of hydroxylamine groups is 1. The molecule has 0 aliphatic rings. The summed E-state index contributed by atoms with van der Waals surface area (Å²) in [5.74, 6) is -1.03. The molecule has 112 valence electrons. The Kier molecular flexibility index (Phi) is 5.52. The highest BCUT2D eigenvalue weighted by atomic mass is 32.1. The molecule has 0 atom stereocenters. The van der Waals surface area contributed by atoms with Gasteiger partial charge in [0.15, 0.2) is 0 Å². The van der Waals surface area contributed by atoms with Crippen LogP contribution in [0.2, 0.25) is 0 Å². The summed E-state index contributed by atoms with van der Waals surface area (Å²) in [6, 6.07) is 6.61. The molecule has 0 aliphatic heterocycles. The Hall–Kier alpha value is -2.84. The van der Waals surface area contributed by atoms with E-state index in [0.717, 1.165) is 6.08 Å². The van der Waals surface area contributed by atoms with Crippen LogP contribution in [0.15, 0.2) is 47.0 Å². The number of amides is 2. The molecule has 0 aliphatic carbocycles. The minimum absolute atomic E-state index is 0.380. The lowest BCUT2D eigenvalue weighted by molar-refractivity contribution is -0.124. The number of carbonyl (C=O) groups is 2. The van der Waals surface area contributed by atoms with Gasteiger partial charge in [-0.1, -0.05) is 12.1 Å².